The van der Waals surface area contributed by atoms with E-state index in [9.17, 15) is 19.7 Å². The van der Waals surface area contributed by atoms with E-state index >= 15 is 0 Å². The summed E-state index contributed by atoms with van der Waals surface area (Å²) in [7, 11) is 0. The van der Waals surface area contributed by atoms with Crippen LogP contribution in [0.4, 0.5) is 17.1 Å². The van der Waals surface area contributed by atoms with E-state index in [4.69, 9.17) is 11.6 Å². The van der Waals surface area contributed by atoms with E-state index < -0.39 is 10.5 Å². The van der Waals surface area contributed by atoms with Crippen LogP contribution in [-0.2, 0) is 11.2 Å². The van der Waals surface area contributed by atoms with Crippen LogP contribution in [0.1, 0.15) is 12.5 Å². The zero-order chi connectivity index (χ0) is 21.7. The van der Waals surface area contributed by atoms with Crippen LogP contribution in [0.15, 0.2) is 59.5 Å². The molecule has 3 aromatic rings. The second-order valence-electron chi connectivity index (χ2n) is 6.42. The molecule has 0 radical (unpaired) electrons. The maximum absolute atomic E-state index is 12.5. The van der Waals surface area contributed by atoms with Crippen LogP contribution < -0.4 is 16.2 Å². The molecule has 1 heterocycles. The van der Waals surface area contributed by atoms with Gasteiger partial charge in [-0.3, -0.25) is 19.7 Å². The molecule has 0 aliphatic rings. The third kappa shape index (κ3) is 5.00. The highest BCUT2D eigenvalue weighted by atomic mass is 35.5. The lowest BCUT2D eigenvalue weighted by molar-refractivity contribution is -0.384. The molecule has 0 bridgehead atoms. The van der Waals surface area contributed by atoms with Gasteiger partial charge in [-0.15, -0.1) is 0 Å². The van der Waals surface area contributed by atoms with Crippen molar-refractivity contribution >= 4 is 34.6 Å². The molecular formula is C20H18ClN5O4. The lowest BCUT2D eigenvalue weighted by Gasteiger charge is -2.11. The summed E-state index contributed by atoms with van der Waals surface area (Å²) >= 11 is 6.20. The van der Waals surface area contributed by atoms with Crippen molar-refractivity contribution < 1.29 is 9.72 Å². The standard InChI is InChI=1S/C20H18ClN5O4/c1-13(27)24-15-4-2-14(3-5-15)10-11-22-18-12-23-25(20(28)19(18)21)16-6-8-17(9-7-16)26(29)30/h2-9,12,22H,10-11H2,1H3,(H,24,27). The molecule has 10 heteroatoms. The first kappa shape index (κ1) is 21.0. The van der Waals surface area contributed by atoms with Gasteiger partial charge in [-0.05, 0) is 36.2 Å². The Labute approximate surface area is 176 Å². The third-order valence-corrected chi connectivity index (χ3v) is 4.59. The summed E-state index contributed by atoms with van der Waals surface area (Å²) in [6.07, 6.45) is 2.10. The predicted octanol–water partition coefficient (Wildman–Crippen LogP) is 3.41. The Bertz CT molecular complexity index is 1130. The molecule has 2 N–H and O–H groups in total. The maximum atomic E-state index is 12.5. The highest BCUT2D eigenvalue weighted by Gasteiger charge is 2.12. The summed E-state index contributed by atoms with van der Waals surface area (Å²) < 4.78 is 1.08. The molecule has 154 valence electrons. The summed E-state index contributed by atoms with van der Waals surface area (Å²) in [4.78, 5) is 33.8. The summed E-state index contributed by atoms with van der Waals surface area (Å²) in [6.45, 7) is 1.97. The van der Waals surface area contributed by atoms with Crippen molar-refractivity contribution in [3.8, 4) is 5.69 Å². The van der Waals surface area contributed by atoms with Gasteiger partial charge in [-0.25, -0.2) is 0 Å². The first-order valence-electron chi connectivity index (χ1n) is 8.98. The molecule has 3 rings (SSSR count). The van der Waals surface area contributed by atoms with Crippen LogP contribution in [0.5, 0.6) is 0 Å². The van der Waals surface area contributed by atoms with Crippen molar-refractivity contribution in [3.05, 3.63) is 85.8 Å². The first-order chi connectivity index (χ1) is 14.3. The monoisotopic (exact) mass is 427 g/mol. The van der Waals surface area contributed by atoms with Crippen LogP contribution in [0.3, 0.4) is 0 Å². The van der Waals surface area contributed by atoms with Crippen LogP contribution in [0, 0.1) is 10.1 Å². The van der Waals surface area contributed by atoms with Gasteiger partial charge in [-0.2, -0.15) is 9.78 Å². The fourth-order valence-electron chi connectivity index (χ4n) is 2.75. The molecule has 1 amide bonds. The zero-order valence-corrected chi connectivity index (χ0v) is 16.7. The van der Waals surface area contributed by atoms with Gasteiger partial charge in [0, 0.05) is 31.3 Å². The second-order valence-corrected chi connectivity index (χ2v) is 6.80. The van der Waals surface area contributed by atoms with E-state index in [1.165, 1.54) is 37.4 Å². The average molecular weight is 428 g/mol. The fraction of sp³-hybridized carbons (Fsp3) is 0.150. The number of aromatic nitrogens is 2. The Morgan fingerprint density at radius 3 is 2.43 bits per heavy atom. The normalized spacial score (nSPS) is 10.5. The Kier molecular flexibility index (Phi) is 6.43. The van der Waals surface area contributed by atoms with Gasteiger partial charge in [-0.1, -0.05) is 23.7 Å². The topological polar surface area (TPSA) is 119 Å². The minimum atomic E-state index is -0.532. The fourth-order valence-corrected chi connectivity index (χ4v) is 2.95. The molecule has 1 aromatic heterocycles. The lowest BCUT2D eigenvalue weighted by atomic mass is 10.1. The summed E-state index contributed by atoms with van der Waals surface area (Å²) in [6, 6.07) is 12.9. The Morgan fingerprint density at radius 1 is 1.17 bits per heavy atom. The smallest absolute Gasteiger partial charge is 0.292 e. The number of nitrogens with zero attached hydrogens (tertiary/aromatic N) is 3. The number of benzene rings is 2. The number of carbonyl (C=O) groups excluding carboxylic acids is 1. The number of rotatable bonds is 7. The van der Waals surface area contributed by atoms with Gasteiger partial charge in [0.05, 0.1) is 22.5 Å². The molecule has 9 nitrogen and oxygen atoms in total. The van der Waals surface area contributed by atoms with Crippen molar-refractivity contribution in [2.45, 2.75) is 13.3 Å². The molecule has 2 aromatic carbocycles. The van der Waals surface area contributed by atoms with E-state index in [0.717, 1.165) is 15.9 Å². The molecular weight excluding hydrogens is 410 g/mol. The van der Waals surface area contributed by atoms with E-state index in [1.54, 1.807) is 0 Å². The molecule has 0 saturated heterocycles. The van der Waals surface area contributed by atoms with E-state index in [2.05, 4.69) is 15.7 Å². The third-order valence-electron chi connectivity index (χ3n) is 4.23. The second kappa shape index (κ2) is 9.19. The molecule has 0 saturated carbocycles. The number of non-ortho nitro benzene ring substituents is 1. The number of hydrogen-bond acceptors (Lipinski definition) is 6. The Balaban J connectivity index is 1.66. The minimum Gasteiger partial charge on any atom is -0.382 e. The molecule has 0 spiro atoms. The van der Waals surface area contributed by atoms with Gasteiger partial charge in [0.1, 0.15) is 5.02 Å². The number of nitro benzene ring substituents is 1. The number of anilines is 2. The number of amides is 1. The van der Waals surface area contributed by atoms with Crippen molar-refractivity contribution in [1.82, 2.24) is 9.78 Å². The molecule has 0 unspecified atom stereocenters. The van der Waals surface area contributed by atoms with Crippen molar-refractivity contribution in [1.29, 1.82) is 0 Å². The highest BCUT2D eigenvalue weighted by Crippen LogP contribution is 2.18. The Morgan fingerprint density at radius 2 is 1.83 bits per heavy atom. The molecule has 30 heavy (non-hydrogen) atoms. The predicted molar refractivity (Wildman–Crippen MR) is 114 cm³/mol. The van der Waals surface area contributed by atoms with Gasteiger partial charge >= 0.3 is 0 Å². The molecule has 0 fully saturated rings. The maximum Gasteiger partial charge on any atom is 0.292 e. The van der Waals surface area contributed by atoms with Gasteiger partial charge in [0.2, 0.25) is 5.91 Å². The number of nitro groups is 1. The molecule has 0 atom stereocenters. The van der Waals surface area contributed by atoms with Crippen LogP contribution >= 0.6 is 11.6 Å². The van der Waals surface area contributed by atoms with Crippen molar-refractivity contribution in [2.75, 3.05) is 17.2 Å². The van der Waals surface area contributed by atoms with Crippen LogP contribution in [-0.4, -0.2) is 27.2 Å². The molecule has 0 aliphatic carbocycles. The minimum absolute atomic E-state index is 0.0237. The SMILES string of the molecule is CC(=O)Nc1ccc(CCNc2cnn(-c3ccc([N+](=O)[O-])cc3)c(=O)c2Cl)cc1. The zero-order valence-electron chi connectivity index (χ0n) is 16.0. The highest BCUT2D eigenvalue weighted by molar-refractivity contribution is 6.32. The molecule has 0 aliphatic heterocycles. The number of carbonyl (C=O) groups is 1. The average Bonchev–Trinajstić information content (AvgIpc) is 2.72. The largest absolute Gasteiger partial charge is 0.382 e. The lowest BCUT2D eigenvalue weighted by Crippen LogP contribution is -2.23. The van der Waals surface area contributed by atoms with E-state index in [1.807, 2.05) is 24.3 Å². The first-order valence-corrected chi connectivity index (χ1v) is 9.36. The quantitative estimate of drug-likeness (QED) is 0.440. The van der Waals surface area contributed by atoms with E-state index in [-0.39, 0.29) is 16.6 Å². The van der Waals surface area contributed by atoms with Crippen molar-refractivity contribution in [3.63, 3.8) is 0 Å². The summed E-state index contributed by atoms with van der Waals surface area (Å²) in [5.74, 6) is -0.130. The van der Waals surface area contributed by atoms with Crippen molar-refractivity contribution in [2.24, 2.45) is 0 Å². The van der Waals surface area contributed by atoms with Gasteiger partial charge in [0.15, 0.2) is 0 Å². The summed E-state index contributed by atoms with van der Waals surface area (Å²) in [5, 5.41) is 20.6. The summed E-state index contributed by atoms with van der Waals surface area (Å²) in [5.41, 5.74) is 1.92. The Hall–Kier alpha value is -3.72. The van der Waals surface area contributed by atoms with Crippen LogP contribution in [0.25, 0.3) is 5.69 Å². The number of hydrogen-bond donors (Lipinski definition) is 2. The number of nitrogens with one attached hydrogen (secondary N) is 2. The van der Waals surface area contributed by atoms with E-state index in [0.29, 0.717) is 24.3 Å². The number of halogens is 1. The van der Waals surface area contributed by atoms with Gasteiger partial charge in [0.25, 0.3) is 11.2 Å². The van der Waals surface area contributed by atoms with Gasteiger partial charge < -0.3 is 10.6 Å². The van der Waals surface area contributed by atoms with Crippen LogP contribution in [0.2, 0.25) is 5.02 Å².